The second-order valence-electron chi connectivity index (χ2n) is 2.51. The fourth-order valence-corrected chi connectivity index (χ4v) is 1.25. The third kappa shape index (κ3) is 0.567. The van der Waals surface area contributed by atoms with Crippen LogP contribution in [0.3, 0.4) is 0 Å². The van der Waals surface area contributed by atoms with Gasteiger partial charge in [0.15, 0.2) is 5.82 Å². The Bertz CT molecular complexity index is 476. The van der Waals surface area contributed by atoms with Gasteiger partial charge < -0.3 is 0 Å². The van der Waals surface area contributed by atoms with E-state index in [4.69, 9.17) is 0 Å². The van der Waals surface area contributed by atoms with Gasteiger partial charge in [0.2, 0.25) is 0 Å². The summed E-state index contributed by atoms with van der Waals surface area (Å²) >= 11 is 0. The minimum Gasteiger partial charge on any atom is -0.237 e. The number of nitrogens with zero attached hydrogens (tertiary/aromatic N) is 4. The molecule has 0 aliphatic carbocycles. The average Bonchev–Trinajstić information content (AvgIpc) is 2.71. The maximum atomic E-state index is 4.04. The minimum atomic E-state index is 0.683. The predicted octanol–water partition coefficient (Wildman–Crippen LogP) is -0.655. The van der Waals surface area contributed by atoms with Crippen molar-refractivity contribution in [2.75, 3.05) is 0 Å². The van der Waals surface area contributed by atoms with Crippen LogP contribution in [0.4, 0.5) is 5.82 Å². The van der Waals surface area contributed by atoms with Gasteiger partial charge in [0, 0.05) is 11.4 Å². The minimum absolute atomic E-state index is 0.683. The molecule has 4 nitrogen and oxygen atoms in total. The SMILES string of the molecule is [c]1nc2c(c3c1C=NN=3)=CC=N2. The van der Waals surface area contributed by atoms with Crippen molar-refractivity contribution in [3.8, 4) is 0 Å². The molecule has 0 unspecified atom stereocenters. The van der Waals surface area contributed by atoms with E-state index in [0.29, 0.717) is 5.82 Å². The van der Waals surface area contributed by atoms with Gasteiger partial charge in [-0.05, 0) is 6.08 Å². The highest BCUT2D eigenvalue weighted by atomic mass is 15.2. The number of hydrogen-bond acceptors (Lipinski definition) is 4. The molecule has 55 valence electrons. The predicted molar refractivity (Wildman–Crippen MR) is 44.1 cm³/mol. The molecule has 2 aliphatic rings. The van der Waals surface area contributed by atoms with Gasteiger partial charge in [-0.15, -0.1) is 5.10 Å². The first-order chi connectivity index (χ1) is 5.95. The molecule has 0 saturated carbocycles. The van der Waals surface area contributed by atoms with Crippen LogP contribution in [0.2, 0.25) is 0 Å². The Morgan fingerprint density at radius 3 is 3.33 bits per heavy atom. The number of hydrogen-bond donors (Lipinski definition) is 0. The molecule has 1 aromatic rings. The second-order valence-corrected chi connectivity index (χ2v) is 2.51. The van der Waals surface area contributed by atoms with Crippen LogP contribution in [0.1, 0.15) is 5.56 Å². The van der Waals surface area contributed by atoms with Gasteiger partial charge in [-0.25, -0.2) is 9.98 Å². The Balaban J connectivity index is 2.58. The molecule has 2 aliphatic heterocycles. The highest BCUT2D eigenvalue weighted by Gasteiger charge is 2.08. The molecule has 1 radical (unpaired) electrons. The highest BCUT2D eigenvalue weighted by Crippen LogP contribution is 2.01. The first kappa shape index (κ1) is 5.77. The van der Waals surface area contributed by atoms with Crippen LogP contribution in [0, 0.1) is 6.20 Å². The third-order valence-electron chi connectivity index (χ3n) is 1.82. The van der Waals surface area contributed by atoms with E-state index in [0.717, 1.165) is 16.1 Å². The molecule has 3 rings (SSSR count). The van der Waals surface area contributed by atoms with Crippen molar-refractivity contribution in [2.45, 2.75) is 0 Å². The number of fused-ring (bicyclic) bond motifs is 3. The summed E-state index contributed by atoms with van der Waals surface area (Å²) in [6, 6.07) is 0. The molecule has 12 heavy (non-hydrogen) atoms. The second kappa shape index (κ2) is 1.85. The zero-order chi connectivity index (χ0) is 7.97. The molecule has 0 saturated heterocycles. The molecule has 4 heteroatoms. The van der Waals surface area contributed by atoms with Crippen LogP contribution in [0.25, 0.3) is 6.08 Å². The standard InChI is InChI=1S/C8H3N4/c1-2-9-8-6(1)7-5(3-10-8)4-11-12-7/h1-2,4H. The lowest BCUT2D eigenvalue weighted by Crippen LogP contribution is -2.27. The van der Waals surface area contributed by atoms with Crippen molar-refractivity contribution in [3.05, 3.63) is 22.3 Å². The van der Waals surface area contributed by atoms with E-state index in [1.165, 1.54) is 0 Å². The molecule has 0 spiro atoms. The molecule has 0 aromatic carbocycles. The van der Waals surface area contributed by atoms with E-state index < -0.39 is 0 Å². The number of aromatic nitrogens is 1. The summed E-state index contributed by atoms with van der Waals surface area (Å²) in [7, 11) is 0. The van der Waals surface area contributed by atoms with Gasteiger partial charge in [0.1, 0.15) is 11.6 Å². The molecule has 0 atom stereocenters. The molecule has 0 N–H and O–H groups in total. The van der Waals surface area contributed by atoms with Gasteiger partial charge in [-0.2, -0.15) is 5.10 Å². The van der Waals surface area contributed by atoms with Gasteiger partial charge >= 0.3 is 0 Å². The lowest BCUT2D eigenvalue weighted by atomic mass is 10.2. The molecule has 0 amide bonds. The number of aliphatic imine (C=N–C) groups is 1. The van der Waals surface area contributed by atoms with E-state index in [9.17, 15) is 0 Å². The summed E-state index contributed by atoms with van der Waals surface area (Å²) < 4.78 is 0. The van der Waals surface area contributed by atoms with Crippen LogP contribution in [-0.2, 0) is 0 Å². The Kier molecular flexibility index (Phi) is 0.889. The van der Waals surface area contributed by atoms with Crippen molar-refractivity contribution in [3.63, 3.8) is 0 Å². The number of pyridine rings is 1. The van der Waals surface area contributed by atoms with Crippen molar-refractivity contribution in [1.82, 2.24) is 4.98 Å². The van der Waals surface area contributed by atoms with Crippen molar-refractivity contribution < 1.29 is 0 Å². The van der Waals surface area contributed by atoms with E-state index in [1.54, 1.807) is 12.4 Å². The van der Waals surface area contributed by atoms with Gasteiger partial charge in [-0.3, -0.25) is 0 Å². The fraction of sp³-hybridized carbons (Fsp3) is 0. The van der Waals surface area contributed by atoms with E-state index in [2.05, 4.69) is 26.4 Å². The highest BCUT2D eigenvalue weighted by molar-refractivity contribution is 5.96. The van der Waals surface area contributed by atoms with Gasteiger partial charge in [-0.1, -0.05) is 0 Å². The van der Waals surface area contributed by atoms with Crippen LogP contribution >= 0.6 is 0 Å². The largest absolute Gasteiger partial charge is 0.237 e. The maximum Gasteiger partial charge on any atom is 0.162 e. The van der Waals surface area contributed by atoms with E-state index >= 15 is 0 Å². The Hall–Kier alpha value is -1.84. The van der Waals surface area contributed by atoms with Crippen molar-refractivity contribution in [1.29, 1.82) is 0 Å². The Morgan fingerprint density at radius 2 is 2.33 bits per heavy atom. The van der Waals surface area contributed by atoms with Crippen molar-refractivity contribution >= 4 is 24.3 Å². The molecule has 0 bridgehead atoms. The van der Waals surface area contributed by atoms with Crippen molar-refractivity contribution in [2.24, 2.45) is 15.2 Å². The number of rotatable bonds is 0. The van der Waals surface area contributed by atoms with Crippen LogP contribution in [-0.4, -0.2) is 17.4 Å². The average molecular weight is 155 g/mol. The first-order valence-corrected chi connectivity index (χ1v) is 3.52. The van der Waals surface area contributed by atoms with Crippen LogP contribution < -0.4 is 10.6 Å². The first-order valence-electron chi connectivity index (χ1n) is 3.52. The van der Waals surface area contributed by atoms with Crippen LogP contribution in [0.15, 0.2) is 15.2 Å². The summed E-state index contributed by atoms with van der Waals surface area (Å²) in [6.45, 7) is 0. The Morgan fingerprint density at radius 1 is 1.33 bits per heavy atom. The van der Waals surface area contributed by atoms with Gasteiger partial charge in [0.05, 0.1) is 11.8 Å². The summed E-state index contributed by atoms with van der Waals surface area (Å²) in [5.74, 6) is 0.683. The molecular formula is C8H3N4. The molecular weight excluding hydrogens is 152 g/mol. The molecule has 1 aromatic heterocycles. The third-order valence-corrected chi connectivity index (χ3v) is 1.82. The van der Waals surface area contributed by atoms with E-state index in [1.807, 2.05) is 6.08 Å². The van der Waals surface area contributed by atoms with Crippen LogP contribution in [0.5, 0.6) is 0 Å². The summed E-state index contributed by atoms with van der Waals surface area (Å²) in [6.07, 6.45) is 8.06. The summed E-state index contributed by atoms with van der Waals surface area (Å²) in [5, 5.41) is 9.52. The zero-order valence-corrected chi connectivity index (χ0v) is 6.02. The maximum absolute atomic E-state index is 4.04. The van der Waals surface area contributed by atoms with E-state index in [-0.39, 0.29) is 0 Å². The quantitative estimate of drug-likeness (QED) is 0.491. The topological polar surface area (TPSA) is 50.0 Å². The van der Waals surface area contributed by atoms with Gasteiger partial charge in [0.25, 0.3) is 0 Å². The molecule has 0 fully saturated rings. The fourth-order valence-electron chi connectivity index (χ4n) is 1.25. The summed E-state index contributed by atoms with van der Waals surface area (Å²) in [5.41, 5.74) is 0.843. The smallest absolute Gasteiger partial charge is 0.162 e. The Labute approximate surface area is 67.7 Å². The zero-order valence-electron chi connectivity index (χ0n) is 6.02. The molecule has 3 heterocycles. The normalized spacial score (nSPS) is 15.3. The lowest BCUT2D eigenvalue weighted by Gasteiger charge is -1.89. The lowest BCUT2D eigenvalue weighted by molar-refractivity contribution is 1.14. The summed E-state index contributed by atoms with van der Waals surface area (Å²) in [4.78, 5) is 8.06. The monoisotopic (exact) mass is 155 g/mol.